The first-order valence-electron chi connectivity index (χ1n) is 7.46. The summed E-state index contributed by atoms with van der Waals surface area (Å²) in [6.07, 6.45) is 3.23. The predicted molar refractivity (Wildman–Crippen MR) is 102 cm³/mol. The minimum Gasteiger partial charge on any atom is -0.490 e. The fourth-order valence-corrected chi connectivity index (χ4v) is 3.10. The van der Waals surface area contributed by atoms with Gasteiger partial charge in [0.05, 0.1) is 11.1 Å². The molecule has 2 rings (SSSR count). The summed E-state index contributed by atoms with van der Waals surface area (Å²) in [7, 11) is 0. The minimum absolute atomic E-state index is 0.0683. The lowest BCUT2D eigenvalue weighted by Gasteiger charge is -2.13. The Bertz CT molecular complexity index is 776. The van der Waals surface area contributed by atoms with Crippen LogP contribution in [0.2, 0.25) is 0 Å². The Morgan fingerprint density at radius 2 is 2.16 bits per heavy atom. The van der Waals surface area contributed by atoms with E-state index in [-0.39, 0.29) is 10.8 Å². The van der Waals surface area contributed by atoms with Crippen LogP contribution in [0.5, 0.6) is 11.5 Å². The number of thiocarbonyl (C=S) groups is 1. The summed E-state index contributed by atoms with van der Waals surface area (Å²) in [6, 6.07) is 3.52. The molecule has 2 amide bonds. The van der Waals surface area contributed by atoms with E-state index in [0.717, 1.165) is 4.90 Å². The molecule has 132 valence electrons. The highest BCUT2D eigenvalue weighted by atomic mass is 79.9. The van der Waals surface area contributed by atoms with Gasteiger partial charge in [-0.15, -0.1) is 0 Å². The second-order valence-corrected chi connectivity index (χ2v) is 6.25. The van der Waals surface area contributed by atoms with Crippen LogP contribution in [0.15, 0.2) is 35.0 Å². The summed E-state index contributed by atoms with van der Waals surface area (Å²) < 4.78 is 11.9. The maximum absolute atomic E-state index is 12.3. The molecule has 0 atom stereocenters. The molecule has 1 heterocycles. The highest BCUT2D eigenvalue weighted by molar-refractivity contribution is 9.10. The Morgan fingerprint density at radius 1 is 1.44 bits per heavy atom. The number of ether oxygens (including phenoxy) is 2. The summed E-state index contributed by atoms with van der Waals surface area (Å²) in [5.74, 6) is 0.159. The molecule has 0 aliphatic carbocycles. The van der Waals surface area contributed by atoms with Gasteiger partial charge >= 0.3 is 0 Å². The average molecular weight is 425 g/mol. The van der Waals surface area contributed by atoms with Crippen LogP contribution in [0.3, 0.4) is 0 Å². The lowest BCUT2D eigenvalue weighted by molar-refractivity contribution is -0.135. The van der Waals surface area contributed by atoms with E-state index >= 15 is 0 Å². The first-order valence-corrected chi connectivity index (χ1v) is 8.66. The maximum atomic E-state index is 12.3. The second kappa shape index (κ2) is 8.26. The standard InChI is InChI=1S/C17H17BrN2O4S/c1-4-6-24-15-12(18)7-11(9-14(15)23-5-2)8-13-16(22)20(10(3)21)17(25)19-13/h4,7-9H,1,5-6H2,2-3H3,(H,19,25)/b13-8-. The molecule has 0 bridgehead atoms. The van der Waals surface area contributed by atoms with Gasteiger partial charge in [0.25, 0.3) is 5.91 Å². The molecule has 0 radical (unpaired) electrons. The van der Waals surface area contributed by atoms with E-state index in [0.29, 0.717) is 34.7 Å². The third-order valence-electron chi connectivity index (χ3n) is 3.18. The second-order valence-electron chi connectivity index (χ2n) is 5.01. The number of nitrogens with zero attached hydrogens (tertiary/aromatic N) is 1. The van der Waals surface area contributed by atoms with Crippen LogP contribution in [-0.2, 0) is 9.59 Å². The lowest BCUT2D eigenvalue weighted by atomic mass is 10.1. The third kappa shape index (κ3) is 4.26. The van der Waals surface area contributed by atoms with Crippen LogP contribution in [0.4, 0.5) is 0 Å². The van der Waals surface area contributed by atoms with Gasteiger partial charge in [-0.2, -0.15) is 0 Å². The molecule has 1 aliphatic rings. The number of halogens is 1. The van der Waals surface area contributed by atoms with Gasteiger partial charge in [0, 0.05) is 6.92 Å². The van der Waals surface area contributed by atoms with Gasteiger partial charge in [0.2, 0.25) is 5.91 Å². The molecule has 1 saturated heterocycles. The number of imide groups is 1. The molecule has 6 nitrogen and oxygen atoms in total. The lowest BCUT2D eigenvalue weighted by Crippen LogP contribution is -2.34. The van der Waals surface area contributed by atoms with Crippen molar-refractivity contribution in [3.05, 3.63) is 40.5 Å². The monoisotopic (exact) mass is 424 g/mol. The third-order valence-corrected chi connectivity index (χ3v) is 4.05. The molecule has 1 N–H and O–H groups in total. The topological polar surface area (TPSA) is 67.9 Å². The van der Waals surface area contributed by atoms with Crippen LogP contribution < -0.4 is 14.8 Å². The predicted octanol–water partition coefficient (Wildman–Crippen LogP) is 3.02. The van der Waals surface area contributed by atoms with Crippen molar-refractivity contribution in [3.8, 4) is 11.5 Å². The van der Waals surface area contributed by atoms with Crippen molar-refractivity contribution in [2.75, 3.05) is 13.2 Å². The van der Waals surface area contributed by atoms with E-state index in [1.165, 1.54) is 6.92 Å². The number of hydrogen-bond acceptors (Lipinski definition) is 5. The number of rotatable bonds is 6. The largest absolute Gasteiger partial charge is 0.490 e. The van der Waals surface area contributed by atoms with Gasteiger partial charge in [0.15, 0.2) is 16.6 Å². The number of hydrogen-bond donors (Lipinski definition) is 1. The Balaban J connectivity index is 2.40. The first kappa shape index (κ1) is 19.1. The van der Waals surface area contributed by atoms with Crippen molar-refractivity contribution in [1.82, 2.24) is 10.2 Å². The van der Waals surface area contributed by atoms with Crippen molar-refractivity contribution in [2.24, 2.45) is 0 Å². The van der Waals surface area contributed by atoms with E-state index in [2.05, 4.69) is 27.8 Å². The number of amides is 2. The molecule has 0 spiro atoms. The van der Waals surface area contributed by atoms with Crippen molar-refractivity contribution in [1.29, 1.82) is 0 Å². The zero-order valence-corrected chi connectivity index (χ0v) is 16.2. The van der Waals surface area contributed by atoms with Crippen molar-refractivity contribution >= 4 is 51.2 Å². The molecule has 0 aromatic heterocycles. The molecule has 25 heavy (non-hydrogen) atoms. The van der Waals surface area contributed by atoms with Gasteiger partial charge in [0.1, 0.15) is 12.3 Å². The average Bonchev–Trinajstić information content (AvgIpc) is 2.81. The Morgan fingerprint density at radius 3 is 2.72 bits per heavy atom. The Kier molecular flexibility index (Phi) is 6.33. The minimum atomic E-state index is -0.487. The van der Waals surface area contributed by atoms with Gasteiger partial charge in [-0.25, -0.2) is 4.90 Å². The fourth-order valence-electron chi connectivity index (χ4n) is 2.20. The zero-order chi connectivity index (χ0) is 18.6. The zero-order valence-electron chi connectivity index (χ0n) is 13.8. The number of benzene rings is 1. The molecule has 0 saturated carbocycles. The maximum Gasteiger partial charge on any atom is 0.283 e. The van der Waals surface area contributed by atoms with Gasteiger partial charge in [-0.1, -0.05) is 12.7 Å². The Hall–Kier alpha value is -2.19. The van der Waals surface area contributed by atoms with E-state index in [1.54, 1.807) is 24.3 Å². The smallest absolute Gasteiger partial charge is 0.283 e. The first-order chi connectivity index (χ1) is 11.9. The van der Waals surface area contributed by atoms with Crippen LogP contribution in [0, 0.1) is 0 Å². The molecule has 0 unspecified atom stereocenters. The SMILES string of the molecule is C=CCOc1c(Br)cc(/C=C2\NC(=S)N(C(C)=O)C2=O)cc1OCC. The fraction of sp³-hybridized carbons (Fsp3) is 0.235. The van der Waals surface area contributed by atoms with Crippen molar-refractivity contribution in [2.45, 2.75) is 13.8 Å². The van der Waals surface area contributed by atoms with Crippen LogP contribution in [0.25, 0.3) is 6.08 Å². The van der Waals surface area contributed by atoms with Gasteiger partial charge in [-0.05, 0) is 58.8 Å². The van der Waals surface area contributed by atoms with Gasteiger partial charge in [-0.3, -0.25) is 9.59 Å². The molecule has 1 aromatic rings. The molecule has 1 fully saturated rings. The highest BCUT2D eigenvalue weighted by Crippen LogP contribution is 2.37. The normalized spacial score (nSPS) is 15.3. The molecule has 1 aliphatic heterocycles. The number of carbonyl (C=O) groups excluding carboxylic acids is 2. The van der Waals surface area contributed by atoms with Gasteiger partial charge < -0.3 is 14.8 Å². The summed E-state index contributed by atoms with van der Waals surface area (Å²) in [6.45, 7) is 7.56. The summed E-state index contributed by atoms with van der Waals surface area (Å²) in [5.41, 5.74) is 0.902. The van der Waals surface area contributed by atoms with Crippen molar-refractivity contribution in [3.63, 3.8) is 0 Å². The summed E-state index contributed by atoms with van der Waals surface area (Å²) in [4.78, 5) is 24.7. The number of carbonyl (C=O) groups is 2. The molecule has 1 aromatic carbocycles. The van der Waals surface area contributed by atoms with E-state index in [1.807, 2.05) is 6.92 Å². The van der Waals surface area contributed by atoms with E-state index in [4.69, 9.17) is 21.7 Å². The van der Waals surface area contributed by atoms with E-state index in [9.17, 15) is 9.59 Å². The molecular weight excluding hydrogens is 408 g/mol. The van der Waals surface area contributed by atoms with E-state index < -0.39 is 11.8 Å². The van der Waals surface area contributed by atoms with Crippen LogP contribution in [-0.4, -0.2) is 35.0 Å². The summed E-state index contributed by atoms with van der Waals surface area (Å²) in [5, 5.41) is 2.82. The number of nitrogens with one attached hydrogen (secondary N) is 1. The summed E-state index contributed by atoms with van der Waals surface area (Å²) >= 11 is 8.46. The van der Waals surface area contributed by atoms with Crippen molar-refractivity contribution < 1.29 is 19.1 Å². The quantitative estimate of drug-likeness (QED) is 0.430. The molecular formula is C17H17BrN2O4S. The van der Waals surface area contributed by atoms with Crippen LogP contribution in [0.1, 0.15) is 19.4 Å². The Labute approximate surface area is 159 Å². The molecule has 8 heteroatoms. The van der Waals surface area contributed by atoms with Crippen LogP contribution >= 0.6 is 28.1 Å². The highest BCUT2D eigenvalue weighted by Gasteiger charge is 2.33.